The van der Waals surface area contributed by atoms with E-state index >= 15 is 0 Å². The number of benzene rings is 1. The second-order valence-electron chi connectivity index (χ2n) is 5.45. The van der Waals surface area contributed by atoms with Crippen LogP contribution in [0.3, 0.4) is 0 Å². The normalized spacial score (nSPS) is 22.6. The van der Waals surface area contributed by atoms with Gasteiger partial charge in [0.15, 0.2) is 11.6 Å². The van der Waals surface area contributed by atoms with Gasteiger partial charge in [-0.1, -0.05) is 13.3 Å². The van der Waals surface area contributed by atoms with Crippen LogP contribution in [-0.2, 0) is 0 Å². The fourth-order valence-corrected chi connectivity index (χ4v) is 2.74. The van der Waals surface area contributed by atoms with Gasteiger partial charge in [-0.05, 0) is 37.7 Å². The van der Waals surface area contributed by atoms with Crippen LogP contribution in [0, 0.1) is 17.6 Å². The Kier molecular flexibility index (Phi) is 4.57. The topological polar surface area (TPSA) is 55.1 Å². The van der Waals surface area contributed by atoms with Crippen molar-refractivity contribution in [1.82, 2.24) is 5.32 Å². The SMILES string of the molecule is CCC1CCC(NC(=O)c2cc(F)c(F)cc2N)CC1. The van der Waals surface area contributed by atoms with Crippen LogP contribution >= 0.6 is 0 Å². The Morgan fingerprint density at radius 1 is 1.25 bits per heavy atom. The number of nitrogens with two attached hydrogens (primary N) is 1. The molecule has 0 bridgehead atoms. The van der Waals surface area contributed by atoms with Crippen LogP contribution < -0.4 is 11.1 Å². The molecule has 0 unspecified atom stereocenters. The fraction of sp³-hybridized carbons (Fsp3) is 0.533. The van der Waals surface area contributed by atoms with Crippen molar-refractivity contribution < 1.29 is 13.6 Å². The van der Waals surface area contributed by atoms with Gasteiger partial charge in [0.2, 0.25) is 0 Å². The number of hydrogen-bond acceptors (Lipinski definition) is 2. The Labute approximate surface area is 117 Å². The van der Waals surface area contributed by atoms with Crippen molar-refractivity contribution in [1.29, 1.82) is 0 Å². The molecule has 0 radical (unpaired) electrons. The van der Waals surface area contributed by atoms with Crippen LogP contribution in [0.4, 0.5) is 14.5 Å². The average Bonchev–Trinajstić information content (AvgIpc) is 2.43. The molecule has 0 atom stereocenters. The Balaban J connectivity index is 2.01. The predicted octanol–water partition coefficient (Wildman–Crippen LogP) is 3.25. The number of carbonyl (C=O) groups excluding carboxylic acids is 1. The van der Waals surface area contributed by atoms with Crippen LogP contribution in [-0.4, -0.2) is 11.9 Å². The molecule has 0 saturated heterocycles. The molecule has 5 heteroatoms. The van der Waals surface area contributed by atoms with Gasteiger partial charge in [0, 0.05) is 17.8 Å². The van der Waals surface area contributed by atoms with Crippen molar-refractivity contribution in [3.05, 3.63) is 29.3 Å². The zero-order chi connectivity index (χ0) is 14.7. The molecular formula is C15H20F2N2O. The summed E-state index contributed by atoms with van der Waals surface area (Å²) in [5.41, 5.74) is 5.54. The van der Waals surface area contributed by atoms with Gasteiger partial charge in [-0.25, -0.2) is 8.78 Å². The largest absolute Gasteiger partial charge is 0.398 e. The van der Waals surface area contributed by atoms with Gasteiger partial charge < -0.3 is 11.1 Å². The Hall–Kier alpha value is -1.65. The molecule has 1 aliphatic carbocycles. The first-order valence-electron chi connectivity index (χ1n) is 7.06. The summed E-state index contributed by atoms with van der Waals surface area (Å²) in [4.78, 5) is 12.1. The molecule has 1 aliphatic rings. The fourth-order valence-electron chi connectivity index (χ4n) is 2.74. The van der Waals surface area contributed by atoms with Gasteiger partial charge in [-0.15, -0.1) is 0 Å². The minimum atomic E-state index is -1.06. The third-order valence-corrected chi connectivity index (χ3v) is 4.10. The van der Waals surface area contributed by atoms with E-state index in [1.807, 2.05) is 0 Å². The van der Waals surface area contributed by atoms with Crippen molar-refractivity contribution in [3.8, 4) is 0 Å². The molecular weight excluding hydrogens is 262 g/mol. The van der Waals surface area contributed by atoms with Gasteiger partial charge in [-0.2, -0.15) is 0 Å². The standard InChI is InChI=1S/C15H20F2N2O/c1-2-9-3-5-10(6-4-9)19-15(20)11-7-12(16)13(17)8-14(11)18/h7-10H,2-6,18H2,1H3,(H,19,20). The Morgan fingerprint density at radius 3 is 2.45 bits per heavy atom. The lowest BCUT2D eigenvalue weighted by Gasteiger charge is -2.28. The monoisotopic (exact) mass is 282 g/mol. The molecule has 1 aromatic rings. The minimum Gasteiger partial charge on any atom is -0.398 e. The van der Waals surface area contributed by atoms with E-state index in [1.165, 1.54) is 0 Å². The molecule has 110 valence electrons. The molecule has 20 heavy (non-hydrogen) atoms. The van der Waals surface area contributed by atoms with E-state index in [4.69, 9.17) is 5.73 Å². The highest BCUT2D eigenvalue weighted by molar-refractivity contribution is 5.99. The number of hydrogen-bond donors (Lipinski definition) is 2. The molecule has 3 nitrogen and oxygen atoms in total. The van der Waals surface area contributed by atoms with E-state index < -0.39 is 17.5 Å². The molecule has 1 saturated carbocycles. The maximum atomic E-state index is 13.2. The minimum absolute atomic E-state index is 0.00140. The van der Waals surface area contributed by atoms with Crippen LogP contribution in [0.2, 0.25) is 0 Å². The summed E-state index contributed by atoms with van der Waals surface area (Å²) >= 11 is 0. The summed E-state index contributed by atoms with van der Waals surface area (Å²) in [5, 5.41) is 2.86. The number of anilines is 1. The smallest absolute Gasteiger partial charge is 0.253 e. The summed E-state index contributed by atoms with van der Waals surface area (Å²) in [5.74, 6) is -1.79. The highest BCUT2D eigenvalue weighted by Crippen LogP contribution is 2.27. The predicted molar refractivity (Wildman–Crippen MR) is 74.3 cm³/mol. The second kappa shape index (κ2) is 6.20. The van der Waals surface area contributed by atoms with E-state index in [1.54, 1.807) is 0 Å². The summed E-state index contributed by atoms with van der Waals surface area (Å²) in [7, 11) is 0. The van der Waals surface area contributed by atoms with Crippen molar-refractivity contribution >= 4 is 11.6 Å². The molecule has 2 rings (SSSR count). The van der Waals surface area contributed by atoms with Crippen molar-refractivity contribution in [2.75, 3.05) is 5.73 Å². The molecule has 1 fully saturated rings. The maximum Gasteiger partial charge on any atom is 0.253 e. The summed E-state index contributed by atoms with van der Waals surface area (Å²) in [6.07, 6.45) is 5.20. The summed E-state index contributed by atoms with van der Waals surface area (Å²) in [6.45, 7) is 2.17. The van der Waals surface area contributed by atoms with Crippen molar-refractivity contribution in [2.24, 2.45) is 5.92 Å². The van der Waals surface area contributed by atoms with Gasteiger partial charge in [0.05, 0.1) is 5.56 Å². The maximum absolute atomic E-state index is 13.2. The molecule has 1 aromatic carbocycles. The van der Waals surface area contributed by atoms with E-state index in [-0.39, 0.29) is 17.3 Å². The molecule has 1 amide bonds. The van der Waals surface area contributed by atoms with Gasteiger partial charge >= 0.3 is 0 Å². The molecule has 0 aromatic heterocycles. The quantitative estimate of drug-likeness (QED) is 0.836. The van der Waals surface area contributed by atoms with Gasteiger partial charge in [-0.3, -0.25) is 4.79 Å². The Morgan fingerprint density at radius 2 is 1.85 bits per heavy atom. The zero-order valence-corrected chi connectivity index (χ0v) is 11.6. The van der Waals surface area contributed by atoms with Crippen LogP contribution in [0.25, 0.3) is 0 Å². The highest BCUT2D eigenvalue weighted by atomic mass is 19.2. The highest BCUT2D eigenvalue weighted by Gasteiger charge is 2.23. The molecule has 0 aliphatic heterocycles. The number of nitrogens with one attached hydrogen (secondary N) is 1. The summed E-state index contributed by atoms with van der Waals surface area (Å²) < 4.78 is 26.2. The first-order valence-corrected chi connectivity index (χ1v) is 7.06. The number of amides is 1. The molecule has 3 N–H and O–H groups in total. The lowest BCUT2D eigenvalue weighted by atomic mass is 9.84. The lowest BCUT2D eigenvalue weighted by Crippen LogP contribution is -2.38. The first kappa shape index (κ1) is 14.8. The van der Waals surface area contributed by atoms with Crippen LogP contribution in [0.5, 0.6) is 0 Å². The third kappa shape index (κ3) is 3.26. The van der Waals surface area contributed by atoms with Crippen LogP contribution in [0.15, 0.2) is 12.1 Å². The van der Waals surface area contributed by atoms with Crippen molar-refractivity contribution in [2.45, 2.75) is 45.1 Å². The Bertz CT molecular complexity index is 497. The number of rotatable bonds is 3. The number of halogens is 2. The lowest BCUT2D eigenvalue weighted by molar-refractivity contribution is 0.0922. The number of nitrogen functional groups attached to an aromatic ring is 1. The van der Waals surface area contributed by atoms with Crippen LogP contribution in [0.1, 0.15) is 49.4 Å². The van der Waals surface area contributed by atoms with Gasteiger partial charge in [0.1, 0.15) is 0 Å². The average molecular weight is 282 g/mol. The van der Waals surface area contributed by atoms with E-state index in [9.17, 15) is 13.6 Å². The third-order valence-electron chi connectivity index (χ3n) is 4.10. The second-order valence-corrected chi connectivity index (χ2v) is 5.45. The van der Waals surface area contributed by atoms with E-state index in [0.29, 0.717) is 0 Å². The first-order chi connectivity index (χ1) is 9.51. The molecule has 0 heterocycles. The van der Waals surface area contributed by atoms with Crippen molar-refractivity contribution in [3.63, 3.8) is 0 Å². The molecule has 0 spiro atoms. The van der Waals surface area contributed by atoms with E-state index in [0.717, 1.165) is 50.2 Å². The van der Waals surface area contributed by atoms with E-state index in [2.05, 4.69) is 12.2 Å². The van der Waals surface area contributed by atoms with Gasteiger partial charge in [0.25, 0.3) is 5.91 Å². The number of carbonyl (C=O) groups is 1. The summed E-state index contributed by atoms with van der Waals surface area (Å²) in [6, 6.07) is 1.80. The zero-order valence-electron chi connectivity index (χ0n) is 11.6.